The molecule has 0 fully saturated rings. The van der Waals surface area contributed by atoms with Crippen LogP contribution in [0.5, 0.6) is 0 Å². The summed E-state index contributed by atoms with van der Waals surface area (Å²) in [6.07, 6.45) is 0. The molecule has 0 spiro atoms. The molecule has 5 nitrogen and oxygen atoms in total. The predicted molar refractivity (Wildman–Crippen MR) is 56.0 cm³/mol. The number of amides is 1. The molecule has 0 unspecified atom stereocenters. The molecule has 0 aromatic heterocycles. The van der Waals surface area contributed by atoms with E-state index in [1.807, 2.05) is 5.32 Å². The van der Waals surface area contributed by atoms with Gasteiger partial charge in [0, 0.05) is 0 Å². The first-order valence-electron chi connectivity index (χ1n) is 4.69. The van der Waals surface area contributed by atoms with Crippen molar-refractivity contribution in [2.24, 2.45) is 0 Å². The molecule has 0 aliphatic carbocycles. The molecule has 0 bridgehead atoms. The second kappa shape index (κ2) is 5.24. The zero-order valence-corrected chi connectivity index (χ0v) is 8.92. The van der Waals surface area contributed by atoms with Crippen LogP contribution in [-0.2, 0) is 14.3 Å². The van der Waals surface area contributed by atoms with Crippen molar-refractivity contribution in [3.63, 3.8) is 0 Å². The number of hydrogen-bond donors (Lipinski definition) is 2. The van der Waals surface area contributed by atoms with Gasteiger partial charge in [0.1, 0.15) is 5.69 Å². The van der Waals surface area contributed by atoms with Gasteiger partial charge in [-0.25, -0.2) is 13.6 Å². The van der Waals surface area contributed by atoms with Gasteiger partial charge in [-0.3, -0.25) is 4.79 Å². The summed E-state index contributed by atoms with van der Waals surface area (Å²) in [7, 11) is 0. The minimum atomic E-state index is -1.33. The Kier molecular flexibility index (Phi) is 3.97. The average Bonchev–Trinajstić information content (AvgIpc) is 2.29. The van der Waals surface area contributed by atoms with Gasteiger partial charge in [-0.15, -0.1) is 0 Å². The number of halogens is 2. The van der Waals surface area contributed by atoms with Crippen LogP contribution in [0.15, 0.2) is 12.1 Å². The Balaban J connectivity index is 2.92. The molecule has 0 saturated carbocycles. The van der Waals surface area contributed by atoms with E-state index in [1.165, 1.54) is 6.92 Å². The summed E-state index contributed by atoms with van der Waals surface area (Å²) in [6.45, 7) is 1.50. The lowest BCUT2D eigenvalue weighted by atomic mass is 10.2. The molecule has 0 atom stereocenters. The molecule has 92 valence electrons. The van der Waals surface area contributed by atoms with E-state index in [0.717, 1.165) is 12.1 Å². The lowest BCUT2D eigenvalue weighted by Gasteiger charge is -2.08. The van der Waals surface area contributed by atoms with Gasteiger partial charge >= 0.3 is 11.9 Å². The number of nitrogens with two attached hydrogens (primary N) is 1. The molecule has 0 aliphatic rings. The molecule has 0 aliphatic heterocycles. The highest BCUT2D eigenvalue weighted by Gasteiger charge is 2.20. The fraction of sp³-hybridized carbons (Fsp3) is 0.200. The van der Waals surface area contributed by atoms with E-state index < -0.39 is 29.2 Å². The van der Waals surface area contributed by atoms with E-state index in [1.54, 1.807) is 0 Å². The van der Waals surface area contributed by atoms with E-state index in [9.17, 15) is 18.4 Å². The first-order valence-corrected chi connectivity index (χ1v) is 4.69. The van der Waals surface area contributed by atoms with Gasteiger partial charge in [0.25, 0.3) is 0 Å². The number of ether oxygens (including phenoxy) is 1. The van der Waals surface area contributed by atoms with Gasteiger partial charge in [-0.05, 0) is 19.1 Å². The van der Waals surface area contributed by atoms with Crippen molar-refractivity contribution in [3.05, 3.63) is 23.8 Å². The molecule has 0 radical (unpaired) electrons. The fourth-order valence-corrected chi connectivity index (χ4v) is 1.05. The maximum absolute atomic E-state index is 13.3. The number of anilines is 2. The van der Waals surface area contributed by atoms with Gasteiger partial charge < -0.3 is 15.8 Å². The van der Waals surface area contributed by atoms with Crippen LogP contribution < -0.4 is 11.1 Å². The quantitative estimate of drug-likeness (QED) is 0.463. The van der Waals surface area contributed by atoms with Crippen molar-refractivity contribution in [1.29, 1.82) is 0 Å². The van der Waals surface area contributed by atoms with E-state index in [4.69, 9.17) is 5.73 Å². The molecule has 1 amide bonds. The SMILES string of the molecule is CCOC(=O)C(=O)Nc1c(N)ccc(F)c1F. The van der Waals surface area contributed by atoms with Gasteiger partial charge in [-0.2, -0.15) is 0 Å². The summed E-state index contributed by atoms with van der Waals surface area (Å²) in [5, 5.41) is 1.85. The number of nitrogen functional groups attached to an aromatic ring is 1. The summed E-state index contributed by atoms with van der Waals surface area (Å²) in [6, 6.07) is 1.88. The zero-order chi connectivity index (χ0) is 13.0. The van der Waals surface area contributed by atoms with Crippen molar-refractivity contribution in [1.82, 2.24) is 0 Å². The highest BCUT2D eigenvalue weighted by Crippen LogP contribution is 2.24. The van der Waals surface area contributed by atoms with Gasteiger partial charge in [-0.1, -0.05) is 0 Å². The zero-order valence-electron chi connectivity index (χ0n) is 8.92. The maximum Gasteiger partial charge on any atom is 0.397 e. The van der Waals surface area contributed by atoms with E-state index in [0.29, 0.717) is 0 Å². The molecular weight excluding hydrogens is 234 g/mol. The number of esters is 1. The molecule has 7 heteroatoms. The lowest BCUT2D eigenvalue weighted by Crippen LogP contribution is -2.26. The van der Waals surface area contributed by atoms with Crippen molar-refractivity contribution in [2.75, 3.05) is 17.7 Å². The van der Waals surface area contributed by atoms with Crippen LogP contribution in [0.1, 0.15) is 6.92 Å². The molecular formula is C10H10F2N2O3. The Hall–Kier alpha value is -2.18. The van der Waals surface area contributed by atoms with Crippen molar-refractivity contribution < 1.29 is 23.1 Å². The number of carbonyl (C=O) groups excluding carboxylic acids is 2. The van der Waals surface area contributed by atoms with E-state index >= 15 is 0 Å². The summed E-state index contributed by atoms with van der Waals surface area (Å²) in [4.78, 5) is 22.2. The highest BCUT2D eigenvalue weighted by molar-refractivity contribution is 6.37. The molecule has 0 heterocycles. The minimum absolute atomic E-state index is 0.00658. The summed E-state index contributed by atoms with van der Waals surface area (Å²) >= 11 is 0. The van der Waals surface area contributed by atoms with Crippen LogP contribution in [0.3, 0.4) is 0 Å². The van der Waals surface area contributed by atoms with Crippen LogP contribution >= 0.6 is 0 Å². The lowest BCUT2D eigenvalue weighted by molar-refractivity contribution is -0.152. The first kappa shape index (κ1) is 12.9. The van der Waals surface area contributed by atoms with Gasteiger partial charge in [0.15, 0.2) is 11.6 Å². The third kappa shape index (κ3) is 2.90. The van der Waals surface area contributed by atoms with Crippen LogP contribution in [0.4, 0.5) is 20.2 Å². The number of nitrogens with one attached hydrogen (secondary N) is 1. The Morgan fingerprint density at radius 1 is 1.41 bits per heavy atom. The van der Waals surface area contributed by atoms with E-state index in [-0.39, 0.29) is 12.3 Å². The Bertz CT molecular complexity index is 463. The monoisotopic (exact) mass is 244 g/mol. The predicted octanol–water partition coefficient (Wildman–Crippen LogP) is 1.05. The Morgan fingerprint density at radius 2 is 2.06 bits per heavy atom. The molecule has 3 N–H and O–H groups in total. The molecule has 17 heavy (non-hydrogen) atoms. The average molecular weight is 244 g/mol. The normalized spacial score (nSPS) is 9.82. The highest BCUT2D eigenvalue weighted by atomic mass is 19.2. The van der Waals surface area contributed by atoms with Crippen LogP contribution in [-0.4, -0.2) is 18.5 Å². The fourth-order valence-electron chi connectivity index (χ4n) is 1.05. The Labute approximate surface area is 95.5 Å². The molecule has 1 aromatic rings. The maximum atomic E-state index is 13.3. The van der Waals surface area contributed by atoms with Gasteiger partial charge in [0.05, 0.1) is 12.3 Å². The number of hydrogen-bond acceptors (Lipinski definition) is 4. The van der Waals surface area contributed by atoms with Crippen molar-refractivity contribution >= 4 is 23.3 Å². The summed E-state index contributed by atoms with van der Waals surface area (Å²) < 4.78 is 30.5. The smallest absolute Gasteiger partial charge is 0.397 e. The Morgan fingerprint density at radius 3 is 2.65 bits per heavy atom. The topological polar surface area (TPSA) is 81.4 Å². The summed E-state index contributed by atoms with van der Waals surface area (Å²) in [5.74, 6) is -4.93. The van der Waals surface area contributed by atoms with Crippen LogP contribution in [0, 0.1) is 11.6 Å². The standard InChI is InChI=1S/C10H10F2N2O3/c1-2-17-10(16)9(15)14-8-6(13)4-3-5(11)7(8)12/h3-4H,2,13H2,1H3,(H,14,15). The second-order valence-corrected chi connectivity index (χ2v) is 3.00. The third-order valence-electron chi connectivity index (χ3n) is 1.83. The number of carbonyl (C=O) groups is 2. The van der Waals surface area contributed by atoms with Crippen molar-refractivity contribution in [3.8, 4) is 0 Å². The van der Waals surface area contributed by atoms with Crippen LogP contribution in [0.25, 0.3) is 0 Å². The second-order valence-electron chi connectivity index (χ2n) is 3.00. The molecule has 1 aromatic carbocycles. The molecule has 0 saturated heterocycles. The van der Waals surface area contributed by atoms with Gasteiger partial charge in [0.2, 0.25) is 0 Å². The van der Waals surface area contributed by atoms with E-state index in [2.05, 4.69) is 4.74 Å². The number of rotatable bonds is 2. The first-order chi connectivity index (χ1) is 7.97. The summed E-state index contributed by atoms with van der Waals surface area (Å²) in [5.41, 5.74) is 4.57. The third-order valence-corrected chi connectivity index (χ3v) is 1.83. The largest absolute Gasteiger partial charge is 0.459 e. The minimum Gasteiger partial charge on any atom is -0.459 e. The van der Waals surface area contributed by atoms with Crippen LogP contribution in [0.2, 0.25) is 0 Å². The van der Waals surface area contributed by atoms with Crippen molar-refractivity contribution in [2.45, 2.75) is 6.92 Å². The molecule has 1 rings (SSSR count). The number of benzene rings is 1.